The van der Waals surface area contributed by atoms with Gasteiger partial charge in [-0.05, 0) is 29.8 Å². The average molecular weight is 321 g/mol. The fraction of sp³-hybridized carbons (Fsp3) is 0.167. The molecule has 0 atom stereocenters. The van der Waals surface area contributed by atoms with Gasteiger partial charge in [-0.1, -0.05) is 18.2 Å². The molecule has 2 aromatic heterocycles. The Kier molecular flexibility index (Phi) is 5.19. The van der Waals surface area contributed by atoms with Crippen LogP contribution in [-0.2, 0) is 13.1 Å². The summed E-state index contributed by atoms with van der Waals surface area (Å²) in [5, 5.41) is 6.50. The molecule has 0 fully saturated rings. The number of hydrogen-bond donors (Lipinski definition) is 2. The molecular weight excluding hydrogens is 302 g/mol. The van der Waals surface area contributed by atoms with Gasteiger partial charge in [0, 0.05) is 37.2 Å². The zero-order valence-electron chi connectivity index (χ0n) is 13.4. The van der Waals surface area contributed by atoms with E-state index < -0.39 is 0 Å². The van der Waals surface area contributed by atoms with Gasteiger partial charge in [0.2, 0.25) is 5.95 Å². The van der Waals surface area contributed by atoms with Crippen molar-refractivity contribution < 1.29 is 4.74 Å². The third kappa shape index (κ3) is 4.19. The first kappa shape index (κ1) is 15.7. The van der Waals surface area contributed by atoms with Crippen LogP contribution in [0, 0.1) is 0 Å². The fourth-order valence-electron chi connectivity index (χ4n) is 2.26. The van der Waals surface area contributed by atoms with Crippen LogP contribution < -0.4 is 15.4 Å². The molecule has 122 valence electrons. The van der Waals surface area contributed by atoms with Crippen LogP contribution in [0.3, 0.4) is 0 Å². The maximum absolute atomic E-state index is 5.35. The highest BCUT2D eigenvalue weighted by Gasteiger charge is 2.03. The van der Waals surface area contributed by atoms with Crippen molar-refractivity contribution in [1.82, 2.24) is 15.0 Å². The molecule has 1 aromatic carbocycles. The molecular formula is C18H19N5O. The molecule has 0 bridgehead atoms. The van der Waals surface area contributed by atoms with Crippen LogP contribution in [0.1, 0.15) is 11.1 Å². The predicted octanol–water partition coefficient (Wildman–Crippen LogP) is 3.10. The zero-order chi connectivity index (χ0) is 16.6. The maximum atomic E-state index is 5.35. The number of pyridine rings is 1. The van der Waals surface area contributed by atoms with Gasteiger partial charge in [0.1, 0.15) is 11.6 Å². The Morgan fingerprint density at radius 1 is 0.917 bits per heavy atom. The summed E-state index contributed by atoms with van der Waals surface area (Å²) in [6.07, 6.45) is 5.26. The van der Waals surface area contributed by atoms with E-state index in [0.29, 0.717) is 19.0 Å². The molecule has 6 nitrogen and oxygen atoms in total. The number of methoxy groups -OCH3 is 1. The summed E-state index contributed by atoms with van der Waals surface area (Å²) in [4.78, 5) is 12.7. The molecule has 3 rings (SSSR count). The van der Waals surface area contributed by atoms with Gasteiger partial charge in [-0.2, -0.15) is 4.98 Å². The van der Waals surface area contributed by atoms with E-state index in [1.54, 1.807) is 25.7 Å². The SMILES string of the molecule is COc1ccccc1CNc1ccnc(NCc2ccncc2)n1. The number of para-hydroxylation sites is 1. The number of benzene rings is 1. The molecule has 2 heterocycles. The molecule has 0 amide bonds. The first-order valence-electron chi connectivity index (χ1n) is 7.67. The summed E-state index contributed by atoms with van der Waals surface area (Å²) in [7, 11) is 1.67. The van der Waals surface area contributed by atoms with E-state index in [2.05, 4.69) is 25.6 Å². The Morgan fingerprint density at radius 3 is 2.58 bits per heavy atom. The summed E-state index contributed by atoms with van der Waals surface area (Å²) in [5.74, 6) is 2.19. The van der Waals surface area contributed by atoms with Gasteiger partial charge in [-0.15, -0.1) is 0 Å². The Hall–Kier alpha value is -3.15. The minimum absolute atomic E-state index is 0.580. The third-order valence-electron chi connectivity index (χ3n) is 3.51. The van der Waals surface area contributed by atoms with E-state index in [9.17, 15) is 0 Å². The van der Waals surface area contributed by atoms with Crippen LogP contribution >= 0.6 is 0 Å². The van der Waals surface area contributed by atoms with Gasteiger partial charge >= 0.3 is 0 Å². The molecule has 24 heavy (non-hydrogen) atoms. The Bertz CT molecular complexity index is 779. The van der Waals surface area contributed by atoms with Crippen LogP contribution in [0.2, 0.25) is 0 Å². The molecule has 0 radical (unpaired) electrons. The fourth-order valence-corrected chi connectivity index (χ4v) is 2.26. The van der Waals surface area contributed by atoms with Gasteiger partial charge in [-0.3, -0.25) is 4.98 Å². The van der Waals surface area contributed by atoms with E-state index in [0.717, 1.165) is 22.7 Å². The van der Waals surface area contributed by atoms with Gasteiger partial charge in [0.15, 0.2) is 0 Å². The summed E-state index contributed by atoms with van der Waals surface area (Å²) >= 11 is 0. The normalized spacial score (nSPS) is 10.2. The number of hydrogen-bond acceptors (Lipinski definition) is 6. The lowest BCUT2D eigenvalue weighted by molar-refractivity contribution is 0.410. The molecule has 0 saturated heterocycles. The molecule has 0 aliphatic carbocycles. The summed E-state index contributed by atoms with van der Waals surface area (Å²) in [5.41, 5.74) is 2.20. The van der Waals surface area contributed by atoms with Crippen molar-refractivity contribution in [2.45, 2.75) is 13.1 Å². The average Bonchev–Trinajstić information content (AvgIpc) is 2.66. The van der Waals surface area contributed by atoms with Gasteiger partial charge in [0.25, 0.3) is 0 Å². The number of nitrogens with zero attached hydrogens (tertiary/aromatic N) is 3. The second-order valence-electron chi connectivity index (χ2n) is 5.14. The predicted molar refractivity (Wildman–Crippen MR) is 93.9 cm³/mol. The minimum Gasteiger partial charge on any atom is -0.496 e. The van der Waals surface area contributed by atoms with Crippen molar-refractivity contribution in [3.05, 3.63) is 72.2 Å². The Balaban J connectivity index is 1.61. The highest BCUT2D eigenvalue weighted by Crippen LogP contribution is 2.18. The van der Waals surface area contributed by atoms with Crippen molar-refractivity contribution in [3.63, 3.8) is 0 Å². The molecule has 3 aromatic rings. The van der Waals surface area contributed by atoms with Gasteiger partial charge in [-0.25, -0.2) is 4.98 Å². The molecule has 6 heteroatoms. The van der Waals surface area contributed by atoms with E-state index in [1.807, 2.05) is 42.5 Å². The highest BCUT2D eigenvalue weighted by atomic mass is 16.5. The van der Waals surface area contributed by atoms with Crippen LogP contribution in [-0.4, -0.2) is 22.1 Å². The largest absolute Gasteiger partial charge is 0.496 e. The van der Waals surface area contributed by atoms with E-state index in [1.165, 1.54) is 0 Å². The Morgan fingerprint density at radius 2 is 1.75 bits per heavy atom. The molecule has 0 aliphatic rings. The lowest BCUT2D eigenvalue weighted by Gasteiger charge is -2.11. The first-order chi connectivity index (χ1) is 11.8. The second kappa shape index (κ2) is 7.92. The van der Waals surface area contributed by atoms with Crippen LogP contribution in [0.4, 0.5) is 11.8 Å². The summed E-state index contributed by atoms with van der Waals surface area (Å²) in [6, 6.07) is 13.7. The van der Waals surface area contributed by atoms with E-state index in [4.69, 9.17) is 4.74 Å². The van der Waals surface area contributed by atoms with Crippen molar-refractivity contribution in [2.75, 3.05) is 17.7 Å². The first-order valence-corrected chi connectivity index (χ1v) is 7.67. The van der Waals surface area contributed by atoms with Crippen molar-refractivity contribution in [2.24, 2.45) is 0 Å². The number of rotatable bonds is 7. The smallest absolute Gasteiger partial charge is 0.224 e. The maximum Gasteiger partial charge on any atom is 0.224 e. The topological polar surface area (TPSA) is 72.0 Å². The van der Waals surface area contributed by atoms with Crippen LogP contribution in [0.25, 0.3) is 0 Å². The Labute approximate surface area is 141 Å². The van der Waals surface area contributed by atoms with Crippen LogP contribution in [0.5, 0.6) is 5.75 Å². The number of anilines is 2. The molecule has 0 spiro atoms. The quantitative estimate of drug-likeness (QED) is 0.697. The molecule has 0 saturated carbocycles. The van der Waals surface area contributed by atoms with E-state index in [-0.39, 0.29) is 0 Å². The monoisotopic (exact) mass is 321 g/mol. The molecule has 2 N–H and O–H groups in total. The van der Waals surface area contributed by atoms with E-state index >= 15 is 0 Å². The number of aromatic nitrogens is 3. The van der Waals surface area contributed by atoms with Gasteiger partial charge in [0.05, 0.1) is 7.11 Å². The number of nitrogens with one attached hydrogen (secondary N) is 2. The lowest BCUT2D eigenvalue weighted by Crippen LogP contribution is -2.07. The number of ether oxygens (including phenoxy) is 1. The summed E-state index contributed by atoms with van der Waals surface area (Å²) in [6.45, 7) is 1.28. The third-order valence-corrected chi connectivity index (χ3v) is 3.51. The van der Waals surface area contributed by atoms with Crippen molar-refractivity contribution in [1.29, 1.82) is 0 Å². The van der Waals surface area contributed by atoms with Gasteiger partial charge < -0.3 is 15.4 Å². The van der Waals surface area contributed by atoms with Crippen molar-refractivity contribution in [3.8, 4) is 5.75 Å². The zero-order valence-corrected chi connectivity index (χ0v) is 13.4. The lowest BCUT2D eigenvalue weighted by atomic mass is 10.2. The highest BCUT2D eigenvalue weighted by molar-refractivity contribution is 5.42. The van der Waals surface area contributed by atoms with Crippen LogP contribution in [0.15, 0.2) is 61.1 Å². The van der Waals surface area contributed by atoms with Crippen molar-refractivity contribution >= 4 is 11.8 Å². The standard InChI is InChI=1S/C18H19N5O/c1-24-16-5-3-2-4-15(16)13-21-17-8-11-20-18(23-17)22-12-14-6-9-19-10-7-14/h2-11H,12-13H2,1H3,(H2,20,21,22,23). The summed E-state index contributed by atoms with van der Waals surface area (Å²) < 4.78 is 5.35. The molecule has 0 aliphatic heterocycles. The minimum atomic E-state index is 0.580. The molecule has 0 unspecified atom stereocenters. The second-order valence-corrected chi connectivity index (χ2v) is 5.14.